The van der Waals surface area contributed by atoms with Gasteiger partial charge in [-0.15, -0.1) is 0 Å². The van der Waals surface area contributed by atoms with Crippen molar-refractivity contribution < 1.29 is 9.59 Å². The molecule has 0 aliphatic carbocycles. The van der Waals surface area contributed by atoms with Crippen molar-refractivity contribution in [1.82, 2.24) is 15.1 Å². The second-order valence-corrected chi connectivity index (χ2v) is 7.88. The first-order valence-electron chi connectivity index (χ1n) is 9.09. The molecule has 7 nitrogen and oxygen atoms in total. The number of aryl methyl sites for hydroxylation is 2. The fraction of sp³-hybridized carbons (Fsp3) is 0.500. The van der Waals surface area contributed by atoms with Crippen LogP contribution in [0.15, 0.2) is 18.2 Å². The van der Waals surface area contributed by atoms with E-state index in [0.29, 0.717) is 13.0 Å². The zero-order valence-corrected chi connectivity index (χ0v) is 16.4. The van der Waals surface area contributed by atoms with Crippen molar-refractivity contribution in [2.45, 2.75) is 59.5 Å². The van der Waals surface area contributed by atoms with Gasteiger partial charge in [0, 0.05) is 18.4 Å². The zero-order valence-electron chi connectivity index (χ0n) is 16.4. The number of carbonyl (C=O) groups excluding carboxylic acids is 2. The highest BCUT2D eigenvalue weighted by atomic mass is 16.2. The van der Waals surface area contributed by atoms with Crippen molar-refractivity contribution in [3.8, 4) is 6.07 Å². The number of nitrogens with zero attached hydrogens (tertiary/aromatic N) is 3. The van der Waals surface area contributed by atoms with E-state index in [2.05, 4.69) is 16.5 Å². The van der Waals surface area contributed by atoms with E-state index in [0.717, 1.165) is 29.3 Å². The minimum absolute atomic E-state index is 0.282. The van der Waals surface area contributed by atoms with Gasteiger partial charge in [-0.1, -0.05) is 32.4 Å². The number of rotatable bonds is 7. The van der Waals surface area contributed by atoms with Gasteiger partial charge in [-0.3, -0.25) is 14.3 Å². The summed E-state index contributed by atoms with van der Waals surface area (Å²) >= 11 is 0. The fourth-order valence-corrected chi connectivity index (χ4v) is 3.01. The van der Waals surface area contributed by atoms with Crippen molar-refractivity contribution >= 4 is 22.7 Å². The zero-order chi connectivity index (χ0) is 20.2. The lowest BCUT2D eigenvalue weighted by atomic mass is 9.86. The monoisotopic (exact) mass is 369 g/mol. The highest BCUT2D eigenvalue weighted by Crippen LogP contribution is 2.23. The lowest BCUT2D eigenvalue weighted by Crippen LogP contribution is -2.52. The number of fused-ring (bicyclic) bond motifs is 1. The Hall–Kier alpha value is -2.88. The molecule has 0 aliphatic rings. The largest absolute Gasteiger partial charge is 0.368 e. The summed E-state index contributed by atoms with van der Waals surface area (Å²) in [5, 5.41) is 16.6. The summed E-state index contributed by atoms with van der Waals surface area (Å²) < 4.78 is 1.79. The fourth-order valence-electron chi connectivity index (χ4n) is 3.01. The first-order chi connectivity index (χ1) is 12.6. The van der Waals surface area contributed by atoms with Crippen molar-refractivity contribution in [3.05, 3.63) is 29.5 Å². The Labute approximate surface area is 159 Å². The number of unbranched alkanes of at least 4 members (excludes halogenated alkanes) is 2. The molecule has 2 aromatic rings. The number of benzene rings is 1. The quantitative estimate of drug-likeness (QED) is 0.730. The topological polar surface area (TPSA) is 114 Å². The summed E-state index contributed by atoms with van der Waals surface area (Å²) in [5.74, 6) is -0.993. The van der Waals surface area contributed by atoms with Crippen LogP contribution < -0.4 is 11.1 Å². The smallest absolute Gasteiger partial charge is 0.273 e. The van der Waals surface area contributed by atoms with Crippen LogP contribution in [0.3, 0.4) is 0 Å². The van der Waals surface area contributed by atoms with E-state index >= 15 is 0 Å². The molecule has 1 aromatic carbocycles. The van der Waals surface area contributed by atoms with Crippen LogP contribution in [0.4, 0.5) is 0 Å². The van der Waals surface area contributed by atoms with Crippen molar-refractivity contribution in [3.63, 3.8) is 0 Å². The lowest BCUT2D eigenvalue weighted by molar-refractivity contribution is -0.122. The molecule has 0 saturated carbocycles. The first-order valence-corrected chi connectivity index (χ1v) is 9.09. The SMILES string of the molecule is Cc1ccc2c(c1)c(C(=O)N[C@H](C(N)=O)C(C)(C)C)nn2CCCCC#N. The molecule has 3 N–H and O–H groups in total. The van der Waals surface area contributed by atoms with Crippen molar-refractivity contribution in [2.24, 2.45) is 11.1 Å². The van der Waals surface area contributed by atoms with Gasteiger partial charge in [0.25, 0.3) is 5.91 Å². The number of primary amides is 1. The summed E-state index contributed by atoms with van der Waals surface area (Å²) in [4.78, 5) is 24.7. The molecule has 1 heterocycles. The van der Waals surface area contributed by atoms with Gasteiger partial charge in [-0.05, 0) is 37.3 Å². The van der Waals surface area contributed by atoms with Gasteiger partial charge in [0.15, 0.2) is 5.69 Å². The second kappa shape index (κ2) is 8.21. The highest BCUT2D eigenvalue weighted by molar-refractivity contribution is 6.06. The van der Waals surface area contributed by atoms with Gasteiger partial charge in [-0.25, -0.2) is 0 Å². The van der Waals surface area contributed by atoms with Crippen molar-refractivity contribution in [1.29, 1.82) is 5.26 Å². The number of nitriles is 1. The van der Waals surface area contributed by atoms with Crippen molar-refractivity contribution in [2.75, 3.05) is 0 Å². The van der Waals surface area contributed by atoms with Gasteiger partial charge in [0.2, 0.25) is 5.91 Å². The van der Waals surface area contributed by atoms with Crippen LogP contribution >= 0.6 is 0 Å². The maximum atomic E-state index is 12.9. The van der Waals surface area contributed by atoms with Crippen LogP contribution in [0, 0.1) is 23.7 Å². The van der Waals surface area contributed by atoms with Crippen LogP contribution in [0.2, 0.25) is 0 Å². The lowest BCUT2D eigenvalue weighted by Gasteiger charge is -2.28. The Morgan fingerprint density at radius 2 is 2.04 bits per heavy atom. The standard InChI is InChI=1S/C20H27N5O2/c1-13-8-9-15-14(12-13)16(24-25(15)11-7-5-6-10-21)19(27)23-17(18(22)26)20(2,3)4/h8-9,12,17H,5-7,11H2,1-4H3,(H2,22,26)(H,23,27)/t17-/m1/s1. The predicted molar refractivity (Wildman–Crippen MR) is 104 cm³/mol. The summed E-state index contributed by atoms with van der Waals surface area (Å²) in [7, 11) is 0. The Bertz CT molecular complexity index is 886. The third kappa shape index (κ3) is 4.85. The van der Waals surface area contributed by atoms with Crippen LogP contribution in [0.25, 0.3) is 10.9 Å². The average molecular weight is 369 g/mol. The van der Waals surface area contributed by atoms with Gasteiger partial charge >= 0.3 is 0 Å². The molecular weight excluding hydrogens is 342 g/mol. The highest BCUT2D eigenvalue weighted by Gasteiger charge is 2.32. The third-order valence-corrected chi connectivity index (χ3v) is 4.46. The Morgan fingerprint density at radius 3 is 2.63 bits per heavy atom. The molecular formula is C20H27N5O2. The Kier molecular flexibility index (Phi) is 6.21. The number of aromatic nitrogens is 2. The van der Waals surface area contributed by atoms with Crippen LogP contribution in [0.1, 0.15) is 56.1 Å². The first kappa shape index (κ1) is 20.4. The second-order valence-electron chi connectivity index (χ2n) is 7.88. The van der Waals surface area contributed by atoms with Crippen LogP contribution in [0.5, 0.6) is 0 Å². The molecule has 2 amide bonds. The van der Waals surface area contributed by atoms with Crippen LogP contribution in [-0.4, -0.2) is 27.6 Å². The van der Waals surface area contributed by atoms with Crippen LogP contribution in [-0.2, 0) is 11.3 Å². The minimum Gasteiger partial charge on any atom is -0.368 e. The molecule has 27 heavy (non-hydrogen) atoms. The molecule has 1 aromatic heterocycles. The van der Waals surface area contributed by atoms with Gasteiger partial charge in [0.1, 0.15) is 6.04 Å². The Balaban J connectivity index is 2.36. The molecule has 0 bridgehead atoms. The van der Waals surface area contributed by atoms with E-state index in [-0.39, 0.29) is 5.69 Å². The third-order valence-electron chi connectivity index (χ3n) is 4.46. The van der Waals surface area contributed by atoms with Gasteiger partial charge in [-0.2, -0.15) is 10.4 Å². The average Bonchev–Trinajstić information content (AvgIpc) is 2.93. The number of nitrogens with two attached hydrogens (primary N) is 1. The summed E-state index contributed by atoms with van der Waals surface area (Å²) in [6, 6.07) is 7.16. The number of nitrogens with one attached hydrogen (secondary N) is 1. The van der Waals surface area contributed by atoms with E-state index in [4.69, 9.17) is 11.0 Å². The minimum atomic E-state index is -0.800. The number of carbonyl (C=O) groups is 2. The maximum Gasteiger partial charge on any atom is 0.273 e. The molecule has 0 unspecified atom stereocenters. The summed E-state index contributed by atoms with van der Waals surface area (Å²) in [5.41, 5.74) is 7.13. The van der Waals surface area contributed by atoms with Gasteiger partial charge in [0.05, 0.1) is 11.6 Å². The summed E-state index contributed by atoms with van der Waals surface area (Å²) in [6.45, 7) is 8.11. The Morgan fingerprint density at radius 1 is 1.33 bits per heavy atom. The molecule has 1 atom stereocenters. The van der Waals surface area contributed by atoms with E-state index < -0.39 is 23.3 Å². The maximum absolute atomic E-state index is 12.9. The van der Waals surface area contributed by atoms with E-state index in [9.17, 15) is 9.59 Å². The molecule has 7 heteroatoms. The number of hydrogen-bond acceptors (Lipinski definition) is 4. The van der Waals surface area contributed by atoms with E-state index in [1.54, 1.807) is 4.68 Å². The number of amides is 2. The summed E-state index contributed by atoms with van der Waals surface area (Å²) in [6.07, 6.45) is 2.07. The molecule has 144 valence electrons. The normalized spacial score (nSPS) is 12.6. The molecule has 0 saturated heterocycles. The molecule has 0 fully saturated rings. The molecule has 0 radical (unpaired) electrons. The molecule has 0 spiro atoms. The van der Waals surface area contributed by atoms with Gasteiger partial charge < -0.3 is 11.1 Å². The molecule has 2 rings (SSSR count). The van der Waals surface area contributed by atoms with E-state index in [1.807, 2.05) is 45.9 Å². The number of hydrogen-bond donors (Lipinski definition) is 2. The predicted octanol–water partition coefficient (Wildman–Crippen LogP) is 2.67. The van der Waals surface area contributed by atoms with E-state index in [1.165, 1.54) is 0 Å². The molecule has 0 aliphatic heterocycles.